The molecule has 1 amide bonds. The maximum atomic E-state index is 11.9. The van der Waals surface area contributed by atoms with Crippen molar-refractivity contribution in [3.63, 3.8) is 0 Å². The summed E-state index contributed by atoms with van der Waals surface area (Å²) in [5.41, 5.74) is 0.576. The number of carbonyl (C=O) groups is 1. The minimum Gasteiger partial charge on any atom is -0.323 e. The number of nitrogens with zero attached hydrogens (tertiary/aromatic N) is 1. The Labute approximate surface area is 120 Å². The zero-order valence-corrected chi connectivity index (χ0v) is 12.4. The van der Waals surface area contributed by atoms with Gasteiger partial charge in [-0.1, -0.05) is 30.9 Å². The molecule has 1 aliphatic rings. The van der Waals surface area contributed by atoms with Gasteiger partial charge in [-0.15, -0.1) is 0 Å². The van der Waals surface area contributed by atoms with E-state index in [-0.39, 0.29) is 5.91 Å². The summed E-state index contributed by atoms with van der Waals surface area (Å²) in [5.74, 6) is 0.557. The van der Waals surface area contributed by atoms with Crippen LogP contribution in [-0.4, -0.2) is 10.9 Å². The van der Waals surface area contributed by atoms with E-state index in [4.69, 9.17) is 11.6 Å². The normalized spacial score (nSPS) is 16.6. The second-order valence-electron chi connectivity index (χ2n) is 4.75. The highest BCUT2D eigenvalue weighted by molar-refractivity contribution is 9.10. The maximum absolute atomic E-state index is 11.9. The summed E-state index contributed by atoms with van der Waals surface area (Å²) >= 11 is 9.25. The van der Waals surface area contributed by atoms with E-state index in [2.05, 4.69) is 26.2 Å². The number of rotatable bonds is 3. The molecule has 3 nitrogen and oxygen atoms in total. The second kappa shape index (κ2) is 6.53. The van der Waals surface area contributed by atoms with Gasteiger partial charge in [0.15, 0.2) is 5.15 Å². The van der Waals surface area contributed by atoms with Crippen molar-refractivity contribution in [2.24, 2.45) is 5.92 Å². The topological polar surface area (TPSA) is 42.0 Å². The Kier molecular flexibility index (Phi) is 5.01. The van der Waals surface area contributed by atoms with E-state index in [1.165, 1.54) is 19.3 Å². The molecule has 5 heteroatoms. The third-order valence-electron chi connectivity index (χ3n) is 3.28. The van der Waals surface area contributed by atoms with E-state index in [0.29, 0.717) is 23.2 Å². The second-order valence-corrected chi connectivity index (χ2v) is 6.02. The van der Waals surface area contributed by atoms with Gasteiger partial charge in [-0.05, 0) is 40.8 Å². The van der Waals surface area contributed by atoms with Crippen molar-refractivity contribution in [3.8, 4) is 0 Å². The van der Waals surface area contributed by atoms with Gasteiger partial charge < -0.3 is 5.32 Å². The van der Waals surface area contributed by atoms with Crippen LogP contribution in [0.15, 0.2) is 16.7 Å². The largest absolute Gasteiger partial charge is 0.323 e. The average molecular weight is 332 g/mol. The van der Waals surface area contributed by atoms with Crippen molar-refractivity contribution in [1.82, 2.24) is 4.98 Å². The van der Waals surface area contributed by atoms with Crippen LogP contribution in [0.5, 0.6) is 0 Å². The molecule has 1 aromatic heterocycles. The van der Waals surface area contributed by atoms with E-state index in [1.807, 2.05) is 0 Å². The van der Waals surface area contributed by atoms with Gasteiger partial charge >= 0.3 is 0 Å². The fourth-order valence-corrected chi connectivity index (χ4v) is 2.85. The van der Waals surface area contributed by atoms with Crippen LogP contribution in [0.1, 0.15) is 38.5 Å². The lowest BCUT2D eigenvalue weighted by Crippen LogP contribution is -2.18. The molecule has 2 rings (SSSR count). The first-order valence-corrected chi connectivity index (χ1v) is 7.43. The van der Waals surface area contributed by atoms with Gasteiger partial charge in [-0.25, -0.2) is 4.98 Å². The fraction of sp³-hybridized carbons (Fsp3) is 0.538. The lowest BCUT2D eigenvalue weighted by Gasteiger charge is -2.20. The third-order valence-corrected chi connectivity index (χ3v) is 4.01. The number of halogens is 2. The van der Waals surface area contributed by atoms with Crippen LogP contribution >= 0.6 is 27.5 Å². The van der Waals surface area contributed by atoms with Gasteiger partial charge in [0.05, 0.1) is 5.69 Å². The lowest BCUT2D eigenvalue weighted by molar-refractivity contribution is -0.117. The molecular weight excluding hydrogens is 316 g/mol. The molecule has 0 aliphatic heterocycles. The summed E-state index contributed by atoms with van der Waals surface area (Å²) in [6, 6.07) is 1.77. The highest BCUT2D eigenvalue weighted by Crippen LogP contribution is 2.28. The first-order chi connectivity index (χ1) is 8.65. The molecule has 1 aliphatic carbocycles. The highest BCUT2D eigenvalue weighted by atomic mass is 79.9. The lowest BCUT2D eigenvalue weighted by atomic mass is 9.87. The van der Waals surface area contributed by atoms with E-state index in [1.54, 1.807) is 12.3 Å². The SMILES string of the molecule is O=C(CC1CCCCC1)Nc1cc(Br)cnc1Cl. The number of anilines is 1. The summed E-state index contributed by atoms with van der Waals surface area (Å²) in [5, 5.41) is 3.16. The van der Waals surface area contributed by atoms with Crippen LogP contribution in [-0.2, 0) is 4.79 Å². The van der Waals surface area contributed by atoms with Crippen LogP contribution in [0.2, 0.25) is 5.15 Å². The molecule has 0 unspecified atom stereocenters. The summed E-state index contributed by atoms with van der Waals surface area (Å²) in [6.45, 7) is 0. The summed E-state index contributed by atoms with van der Waals surface area (Å²) in [4.78, 5) is 15.9. The van der Waals surface area contributed by atoms with Crippen molar-refractivity contribution in [3.05, 3.63) is 21.9 Å². The first kappa shape index (κ1) is 13.8. The molecule has 1 aromatic rings. The molecule has 1 N–H and O–H groups in total. The number of hydrogen-bond acceptors (Lipinski definition) is 2. The molecule has 0 saturated heterocycles. The van der Waals surface area contributed by atoms with Crippen molar-refractivity contribution >= 4 is 39.1 Å². The van der Waals surface area contributed by atoms with Crippen molar-refractivity contribution < 1.29 is 4.79 Å². The Morgan fingerprint density at radius 2 is 2.17 bits per heavy atom. The van der Waals surface area contributed by atoms with Gasteiger partial charge in [-0.3, -0.25) is 4.79 Å². The molecule has 0 spiro atoms. The monoisotopic (exact) mass is 330 g/mol. The standard InChI is InChI=1S/C13H16BrClN2O/c14-10-7-11(13(15)16-8-10)17-12(18)6-9-4-2-1-3-5-9/h7-9H,1-6H2,(H,17,18). The van der Waals surface area contributed by atoms with Crippen LogP contribution in [0, 0.1) is 5.92 Å². The Morgan fingerprint density at radius 3 is 2.89 bits per heavy atom. The number of amides is 1. The fourth-order valence-electron chi connectivity index (χ4n) is 2.36. The predicted octanol–water partition coefficient (Wildman–Crippen LogP) is 4.41. The quantitative estimate of drug-likeness (QED) is 0.834. The number of pyridine rings is 1. The highest BCUT2D eigenvalue weighted by Gasteiger charge is 2.17. The Hall–Kier alpha value is -0.610. The number of hydrogen-bond donors (Lipinski definition) is 1. The van der Waals surface area contributed by atoms with E-state index >= 15 is 0 Å². The number of nitrogens with one attached hydrogen (secondary N) is 1. The minimum atomic E-state index is 0.0312. The number of carbonyl (C=O) groups excluding carboxylic acids is 1. The van der Waals surface area contributed by atoms with E-state index < -0.39 is 0 Å². The molecule has 98 valence electrons. The predicted molar refractivity (Wildman–Crippen MR) is 76.8 cm³/mol. The van der Waals surface area contributed by atoms with Crippen molar-refractivity contribution in [2.45, 2.75) is 38.5 Å². The van der Waals surface area contributed by atoms with Crippen molar-refractivity contribution in [1.29, 1.82) is 0 Å². The third kappa shape index (κ3) is 3.95. The Morgan fingerprint density at radius 1 is 1.44 bits per heavy atom. The van der Waals surface area contributed by atoms with Gasteiger partial charge in [0, 0.05) is 17.1 Å². The smallest absolute Gasteiger partial charge is 0.224 e. The van der Waals surface area contributed by atoms with Gasteiger partial charge in [0.2, 0.25) is 5.91 Å². The van der Waals surface area contributed by atoms with Crippen LogP contribution in [0.4, 0.5) is 5.69 Å². The van der Waals surface area contributed by atoms with Gasteiger partial charge in [0.1, 0.15) is 0 Å². The van der Waals surface area contributed by atoms with E-state index in [9.17, 15) is 4.79 Å². The van der Waals surface area contributed by atoms with Gasteiger partial charge in [0.25, 0.3) is 0 Å². The van der Waals surface area contributed by atoms with E-state index in [0.717, 1.165) is 17.3 Å². The molecule has 0 radical (unpaired) electrons. The van der Waals surface area contributed by atoms with Crippen molar-refractivity contribution in [2.75, 3.05) is 5.32 Å². The number of aromatic nitrogens is 1. The van der Waals surface area contributed by atoms with Crippen LogP contribution in [0.3, 0.4) is 0 Å². The molecule has 0 bridgehead atoms. The zero-order valence-electron chi connectivity index (χ0n) is 10.1. The summed E-state index contributed by atoms with van der Waals surface area (Å²) < 4.78 is 0.805. The average Bonchev–Trinajstić information content (AvgIpc) is 2.35. The van der Waals surface area contributed by atoms with Crippen LogP contribution < -0.4 is 5.32 Å². The molecule has 0 aromatic carbocycles. The molecule has 1 saturated carbocycles. The Bertz CT molecular complexity index is 433. The molecule has 0 atom stereocenters. The van der Waals surface area contributed by atoms with Crippen LogP contribution in [0.25, 0.3) is 0 Å². The molecular formula is C13H16BrClN2O. The molecule has 18 heavy (non-hydrogen) atoms. The summed E-state index contributed by atoms with van der Waals surface area (Å²) in [6.07, 6.45) is 8.32. The maximum Gasteiger partial charge on any atom is 0.224 e. The minimum absolute atomic E-state index is 0.0312. The zero-order chi connectivity index (χ0) is 13.0. The molecule has 1 heterocycles. The first-order valence-electron chi connectivity index (χ1n) is 6.26. The molecule has 1 fully saturated rings. The Balaban J connectivity index is 1.92. The summed E-state index contributed by atoms with van der Waals surface area (Å²) in [7, 11) is 0. The van der Waals surface area contributed by atoms with Gasteiger partial charge in [-0.2, -0.15) is 0 Å².